The first kappa shape index (κ1) is 15.5. The number of aromatic hydroxyl groups is 1. The summed E-state index contributed by atoms with van der Waals surface area (Å²) in [5, 5.41) is 9.29. The second-order valence-corrected chi connectivity index (χ2v) is 5.86. The van der Waals surface area contributed by atoms with Crippen molar-refractivity contribution in [2.75, 3.05) is 26.2 Å². The molecule has 1 amide bonds. The number of hydrogen-bond donors (Lipinski definition) is 1. The van der Waals surface area contributed by atoms with E-state index in [1.807, 2.05) is 29.4 Å². The summed E-state index contributed by atoms with van der Waals surface area (Å²) in [6.07, 6.45) is 4.02. The number of pyridine rings is 1. The maximum Gasteiger partial charge on any atom is 0.227 e. The minimum Gasteiger partial charge on any atom is -0.508 e. The molecule has 1 fully saturated rings. The number of nitrogens with zero attached hydrogens (tertiary/aromatic N) is 3. The third-order valence-electron chi connectivity index (χ3n) is 4.17. The predicted molar refractivity (Wildman–Crippen MR) is 87.9 cm³/mol. The highest BCUT2D eigenvalue weighted by molar-refractivity contribution is 5.78. The van der Waals surface area contributed by atoms with Crippen molar-refractivity contribution in [2.45, 2.75) is 13.0 Å². The second-order valence-electron chi connectivity index (χ2n) is 5.86. The second kappa shape index (κ2) is 7.24. The van der Waals surface area contributed by atoms with Gasteiger partial charge in [0.15, 0.2) is 0 Å². The van der Waals surface area contributed by atoms with Crippen LogP contribution >= 0.6 is 0 Å². The van der Waals surface area contributed by atoms with E-state index in [1.54, 1.807) is 24.3 Å². The van der Waals surface area contributed by atoms with Crippen molar-refractivity contribution in [3.05, 3.63) is 59.9 Å². The molecule has 5 heteroatoms. The lowest BCUT2D eigenvalue weighted by Crippen LogP contribution is -2.48. The highest BCUT2D eigenvalue weighted by Crippen LogP contribution is 2.13. The van der Waals surface area contributed by atoms with Gasteiger partial charge < -0.3 is 10.0 Å². The smallest absolute Gasteiger partial charge is 0.227 e. The van der Waals surface area contributed by atoms with E-state index in [4.69, 9.17) is 0 Å². The number of amides is 1. The Hall–Kier alpha value is -2.40. The minimum absolute atomic E-state index is 0.152. The predicted octanol–water partition coefficient (Wildman–Crippen LogP) is 1.67. The van der Waals surface area contributed by atoms with Gasteiger partial charge in [-0.15, -0.1) is 0 Å². The van der Waals surface area contributed by atoms with Gasteiger partial charge in [-0.3, -0.25) is 14.7 Å². The van der Waals surface area contributed by atoms with E-state index in [2.05, 4.69) is 9.88 Å². The largest absolute Gasteiger partial charge is 0.508 e. The highest BCUT2D eigenvalue weighted by atomic mass is 16.3. The average Bonchev–Trinajstić information content (AvgIpc) is 2.58. The number of benzene rings is 1. The summed E-state index contributed by atoms with van der Waals surface area (Å²) < 4.78 is 0. The zero-order valence-corrected chi connectivity index (χ0v) is 13.1. The lowest BCUT2D eigenvalue weighted by atomic mass is 10.1. The van der Waals surface area contributed by atoms with Gasteiger partial charge in [-0.05, 0) is 35.4 Å². The lowest BCUT2D eigenvalue weighted by Gasteiger charge is -2.34. The lowest BCUT2D eigenvalue weighted by molar-refractivity contribution is -0.132. The molecule has 1 N–H and O–H groups in total. The maximum absolute atomic E-state index is 12.4. The Balaban J connectivity index is 1.48. The summed E-state index contributed by atoms with van der Waals surface area (Å²) in [7, 11) is 0. The number of phenolic OH excluding ortho intramolecular Hbond substituents is 1. The third kappa shape index (κ3) is 4.29. The number of hydrogen-bond acceptors (Lipinski definition) is 4. The minimum atomic E-state index is 0.152. The summed E-state index contributed by atoms with van der Waals surface area (Å²) >= 11 is 0. The van der Waals surface area contributed by atoms with Crippen molar-refractivity contribution in [3.8, 4) is 5.75 Å². The highest BCUT2D eigenvalue weighted by Gasteiger charge is 2.21. The van der Waals surface area contributed by atoms with E-state index < -0.39 is 0 Å². The quantitative estimate of drug-likeness (QED) is 0.933. The van der Waals surface area contributed by atoms with Crippen LogP contribution in [0.3, 0.4) is 0 Å². The normalized spacial score (nSPS) is 15.6. The van der Waals surface area contributed by atoms with Crippen LogP contribution in [0.4, 0.5) is 0 Å². The van der Waals surface area contributed by atoms with Crippen molar-refractivity contribution >= 4 is 5.91 Å². The van der Waals surface area contributed by atoms with Crippen LogP contribution in [0, 0.1) is 0 Å². The molecule has 0 spiro atoms. The van der Waals surface area contributed by atoms with Gasteiger partial charge in [0.05, 0.1) is 6.42 Å². The fourth-order valence-electron chi connectivity index (χ4n) is 2.80. The van der Waals surface area contributed by atoms with Crippen LogP contribution in [-0.4, -0.2) is 52.0 Å². The van der Waals surface area contributed by atoms with Crippen molar-refractivity contribution in [2.24, 2.45) is 0 Å². The van der Waals surface area contributed by atoms with Crippen molar-refractivity contribution in [3.63, 3.8) is 0 Å². The fourth-order valence-corrected chi connectivity index (χ4v) is 2.80. The third-order valence-corrected chi connectivity index (χ3v) is 4.17. The van der Waals surface area contributed by atoms with E-state index in [9.17, 15) is 9.90 Å². The van der Waals surface area contributed by atoms with Gasteiger partial charge in [0.2, 0.25) is 5.91 Å². The number of carbonyl (C=O) groups excluding carboxylic acids is 1. The van der Waals surface area contributed by atoms with Crippen molar-refractivity contribution < 1.29 is 9.90 Å². The molecule has 0 unspecified atom stereocenters. The molecule has 1 aromatic carbocycles. The van der Waals surface area contributed by atoms with E-state index in [0.29, 0.717) is 6.42 Å². The summed E-state index contributed by atoms with van der Waals surface area (Å²) in [6.45, 7) is 4.22. The molecule has 0 saturated carbocycles. The SMILES string of the molecule is O=C(Cc1ccc(O)cc1)N1CCN(Cc2ccncc2)CC1. The van der Waals surface area contributed by atoms with E-state index >= 15 is 0 Å². The Labute approximate surface area is 136 Å². The first-order valence-electron chi connectivity index (χ1n) is 7.87. The van der Waals surface area contributed by atoms with Gasteiger partial charge in [-0.2, -0.15) is 0 Å². The Kier molecular flexibility index (Phi) is 4.88. The fraction of sp³-hybridized carbons (Fsp3) is 0.333. The van der Waals surface area contributed by atoms with Crippen LogP contribution in [0.5, 0.6) is 5.75 Å². The van der Waals surface area contributed by atoms with Crippen LogP contribution < -0.4 is 0 Å². The van der Waals surface area contributed by atoms with Gasteiger partial charge in [0.1, 0.15) is 5.75 Å². The zero-order chi connectivity index (χ0) is 16.1. The molecule has 23 heavy (non-hydrogen) atoms. The number of rotatable bonds is 4. The molecule has 0 bridgehead atoms. The molecule has 0 atom stereocenters. The Bertz CT molecular complexity index is 635. The van der Waals surface area contributed by atoms with Crippen molar-refractivity contribution in [1.29, 1.82) is 0 Å². The van der Waals surface area contributed by atoms with Crippen LogP contribution in [-0.2, 0) is 17.8 Å². The summed E-state index contributed by atoms with van der Waals surface area (Å²) in [6, 6.07) is 10.9. The van der Waals surface area contributed by atoms with Gasteiger partial charge in [0, 0.05) is 45.1 Å². The van der Waals surface area contributed by atoms with Crippen LogP contribution in [0.15, 0.2) is 48.8 Å². The summed E-state index contributed by atoms with van der Waals surface area (Å²) in [4.78, 5) is 20.7. The zero-order valence-electron chi connectivity index (χ0n) is 13.1. The molecule has 0 radical (unpaired) electrons. The topological polar surface area (TPSA) is 56.7 Å². The van der Waals surface area contributed by atoms with Crippen LogP contribution in [0.2, 0.25) is 0 Å². The average molecular weight is 311 g/mol. The summed E-state index contributed by atoms with van der Waals surface area (Å²) in [5.74, 6) is 0.380. The molecular weight excluding hydrogens is 290 g/mol. The molecule has 120 valence electrons. The molecule has 1 aliphatic rings. The Morgan fingerprint density at radius 2 is 1.61 bits per heavy atom. The van der Waals surface area contributed by atoms with Crippen LogP contribution in [0.25, 0.3) is 0 Å². The standard InChI is InChI=1S/C18H21N3O2/c22-17-3-1-15(2-4-17)13-18(23)21-11-9-20(10-12-21)14-16-5-7-19-8-6-16/h1-8,22H,9-14H2. The van der Waals surface area contributed by atoms with Gasteiger partial charge in [-0.1, -0.05) is 12.1 Å². The first-order valence-corrected chi connectivity index (χ1v) is 7.87. The van der Waals surface area contributed by atoms with Gasteiger partial charge in [0.25, 0.3) is 0 Å². The number of carbonyl (C=O) groups is 1. The molecule has 1 aromatic heterocycles. The van der Waals surface area contributed by atoms with E-state index in [1.165, 1.54) is 5.56 Å². The maximum atomic E-state index is 12.4. The molecule has 5 nitrogen and oxygen atoms in total. The Morgan fingerprint density at radius 1 is 0.957 bits per heavy atom. The summed E-state index contributed by atoms with van der Waals surface area (Å²) in [5.41, 5.74) is 2.19. The number of piperazine rings is 1. The van der Waals surface area contributed by atoms with Gasteiger partial charge >= 0.3 is 0 Å². The van der Waals surface area contributed by atoms with Crippen molar-refractivity contribution in [1.82, 2.24) is 14.8 Å². The number of aromatic nitrogens is 1. The van der Waals surface area contributed by atoms with Crippen LogP contribution in [0.1, 0.15) is 11.1 Å². The van der Waals surface area contributed by atoms with E-state index in [0.717, 1.165) is 38.3 Å². The number of phenols is 1. The molecule has 2 heterocycles. The molecular formula is C18H21N3O2. The molecule has 1 saturated heterocycles. The monoisotopic (exact) mass is 311 g/mol. The van der Waals surface area contributed by atoms with Gasteiger partial charge in [-0.25, -0.2) is 0 Å². The molecule has 3 rings (SSSR count). The Morgan fingerprint density at radius 3 is 2.26 bits per heavy atom. The molecule has 1 aliphatic heterocycles. The van der Waals surface area contributed by atoms with E-state index in [-0.39, 0.29) is 11.7 Å². The molecule has 2 aromatic rings. The first-order chi connectivity index (χ1) is 11.2. The molecule has 0 aliphatic carbocycles.